The number of carboxylic acid groups (broad SMARTS) is 1. The summed E-state index contributed by atoms with van der Waals surface area (Å²) >= 11 is 0. The van der Waals surface area contributed by atoms with Crippen LogP contribution in [-0.4, -0.2) is 83.9 Å². The summed E-state index contributed by atoms with van der Waals surface area (Å²) in [5.41, 5.74) is 9.92. The van der Waals surface area contributed by atoms with Gasteiger partial charge in [0.2, 0.25) is 0 Å². The van der Waals surface area contributed by atoms with Crippen LogP contribution >= 0.6 is 0 Å². The smallest absolute Gasteiger partial charge is 0.411 e. The molecule has 2 aromatic rings. The first-order valence-corrected chi connectivity index (χ1v) is 13.7. The van der Waals surface area contributed by atoms with Crippen LogP contribution in [0.15, 0.2) is 47.5 Å². The van der Waals surface area contributed by atoms with Gasteiger partial charge in [0, 0.05) is 37.0 Å². The van der Waals surface area contributed by atoms with Gasteiger partial charge in [0.25, 0.3) is 0 Å². The molecule has 0 unspecified atom stereocenters. The van der Waals surface area contributed by atoms with Gasteiger partial charge in [-0.25, -0.2) is 9.59 Å². The fourth-order valence-corrected chi connectivity index (χ4v) is 4.76. The standard InChI is InChI=1S/C30H42N4O6/c1-30(2,3)40-29(38)34-19-22(18-26(34)28(36)37)39-21-10-5-9-20(17-21)23-11-6-12-24(31)27(23)25(32-4)13-7-14-33-15-8-16-35/h5-6,9-12,17,22,26,33,35H,7-8,13-16,18-19,31H2,1-4H3,(H,36,37)/t22-,26-/m0/s1. The van der Waals surface area contributed by atoms with Crippen LogP contribution in [0.25, 0.3) is 11.1 Å². The number of ether oxygens (including phenoxy) is 2. The topological polar surface area (TPSA) is 147 Å². The lowest BCUT2D eigenvalue weighted by atomic mass is 9.93. The maximum Gasteiger partial charge on any atom is 0.411 e. The highest BCUT2D eigenvalue weighted by atomic mass is 16.6. The zero-order chi connectivity index (χ0) is 29.3. The quantitative estimate of drug-likeness (QED) is 0.175. The Balaban J connectivity index is 1.77. The molecule has 10 nitrogen and oxygen atoms in total. The highest BCUT2D eigenvalue weighted by Crippen LogP contribution is 2.33. The Morgan fingerprint density at radius 2 is 1.88 bits per heavy atom. The van der Waals surface area contributed by atoms with Crippen LogP contribution in [0.3, 0.4) is 0 Å². The van der Waals surface area contributed by atoms with Crippen LogP contribution in [0, 0.1) is 0 Å². The van der Waals surface area contributed by atoms with Gasteiger partial charge in [0.05, 0.1) is 6.54 Å². The summed E-state index contributed by atoms with van der Waals surface area (Å²) in [6.07, 6.45) is 1.31. The Labute approximate surface area is 236 Å². The zero-order valence-electron chi connectivity index (χ0n) is 23.9. The maximum absolute atomic E-state index is 12.7. The number of aliphatic imine (C=N–C) groups is 1. The van der Waals surface area contributed by atoms with E-state index >= 15 is 0 Å². The first-order chi connectivity index (χ1) is 19.0. The first kappa shape index (κ1) is 30.9. The Hall–Kier alpha value is -3.63. The van der Waals surface area contributed by atoms with Crippen molar-refractivity contribution in [2.45, 2.75) is 64.2 Å². The summed E-state index contributed by atoms with van der Waals surface area (Å²) in [6.45, 7) is 7.08. The van der Waals surface area contributed by atoms with E-state index in [4.69, 9.17) is 20.3 Å². The van der Waals surface area contributed by atoms with Crippen molar-refractivity contribution in [2.24, 2.45) is 4.99 Å². The van der Waals surface area contributed by atoms with Crippen molar-refractivity contribution in [3.63, 3.8) is 0 Å². The normalized spacial score (nSPS) is 17.6. The molecular weight excluding hydrogens is 512 g/mol. The van der Waals surface area contributed by atoms with Gasteiger partial charge in [-0.15, -0.1) is 0 Å². The van der Waals surface area contributed by atoms with E-state index < -0.39 is 29.8 Å². The molecule has 0 bridgehead atoms. The number of aliphatic hydroxyl groups is 1. The summed E-state index contributed by atoms with van der Waals surface area (Å²) < 4.78 is 11.6. The van der Waals surface area contributed by atoms with Crippen molar-refractivity contribution in [1.29, 1.82) is 0 Å². The second-order valence-electron chi connectivity index (χ2n) is 10.9. The largest absolute Gasteiger partial charge is 0.488 e. The fourth-order valence-electron chi connectivity index (χ4n) is 4.76. The van der Waals surface area contributed by atoms with Crippen molar-refractivity contribution in [3.8, 4) is 16.9 Å². The average Bonchev–Trinajstić information content (AvgIpc) is 3.32. The van der Waals surface area contributed by atoms with E-state index in [0.717, 1.165) is 54.8 Å². The minimum absolute atomic E-state index is 0.110. The van der Waals surface area contributed by atoms with Gasteiger partial charge in [0.1, 0.15) is 23.5 Å². The number of rotatable bonds is 12. The molecule has 40 heavy (non-hydrogen) atoms. The number of hydrogen-bond acceptors (Lipinski definition) is 8. The fraction of sp³-hybridized carbons (Fsp3) is 0.500. The van der Waals surface area contributed by atoms with Gasteiger partial charge < -0.3 is 30.7 Å². The second kappa shape index (κ2) is 14.1. The number of carbonyl (C=O) groups excluding carboxylic acids is 1. The zero-order valence-corrected chi connectivity index (χ0v) is 23.9. The monoisotopic (exact) mass is 554 g/mol. The van der Waals surface area contributed by atoms with Gasteiger partial charge in [-0.2, -0.15) is 0 Å². The molecule has 0 aliphatic carbocycles. The number of aliphatic hydroxyl groups excluding tert-OH is 1. The van der Waals surface area contributed by atoms with Crippen molar-refractivity contribution >= 4 is 23.5 Å². The lowest BCUT2D eigenvalue weighted by molar-refractivity contribution is -0.142. The highest BCUT2D eigenvalue weighted by molar-refractivity contribution is 6.10. The number of aliphatic carboxylic acids is 1. The van der Waals surface area contributed by atoms with Crippen LogP contribution in [0.2, 0.25) is 0 Å². The molecule has 0 aromatic heterocycles. The van der Waals surface area contributed by atoms with E-state index in [-0.39, 0.29) is 19.6 Å². The van der Waals surface area contributed by atoms with E-state index in [1.165, 1.54) is 4.90 Å². The molecule has 0 radical (unpaired) electrons. The molecule has 2 aromatic carbocycles. The molecule has 218 valence electrons. The Morgan fingerprint density at radius 1 is 1.15 bits per heavy atom. The molecular formula is C30H42N4O6. The number of nitrogen functional groups attached to an aromatic ring is 1. The molecule has 1 heterocycles. The number of nitrogens with zero attached hydrogens (tertiary/aromatic N) is 2. The third kappa shape index (κ3) is 8.43. The number of nitrogens with two attached hydrogens (primary N) is 1. The molecule has 0 saturated carbocycles. The first-order valence-electron chi connectivity index (χ1n) is 13.7. The number of benzene rings is 2. The molecule has 1 fully saturated rings. The number of carboxylic acids is 1. The molecule has 1 aliphatic rings. The van der Waals surface area contributed by atoms with E-state index in [0.29, 0.717) is 11.4 Å². The van der Waals surface area contributed by atoms with Gasteiger partial charge in [-0.1, -0.05) is 24.3 Å². The molecule has 1 saturated heterocycles. The van der Waals surface area contributed by atoms with Crippen LogP contribution in [-0.2, 0) is 9.53 Å². The highest BCUT2D eigenvalue weighted by Gasteiger charge is 2.42. The molecule has 5 N–H and O–H groups in total. The van der Waals surface area contributed by atoms with Gasteiger partial charge in [-0.05, 0) is 82.4 Å². The van der Waals surface area contributed by atoms with Crippen LogP contribution in [0.4, 0.5) is 10.5 Å². The van der Waals surface area contributed by atoms with Crippen molar-refractivity contribution < 1.29 is 29.3 Å². The minimum atomic E-state index is -1.09. The van der Waals surface area contributed by atoms with Crippen molar-refractivity contribution in [3.05, 3.63) is 48.0 Å². The van der Waals surface area contributed by atoms with Gasteiger partial charge in [0.15, 0.2) is 0 Å². The lowest BCUT2D eigenvalue weighted by Gasteiger charge is -2.26. The SMILES string of the molecule is CN=C(CCCNCCCO)c1c(N)cccc1-c1cccc(O[C@H]2C[C@@H](C(=O)O)N(C(=O)OC(C)(C)C)C2)c1. The van der Waals surface area contributed by atoms with E-state index in [2.05, 4.69) is 10.3 Å². The van der Waals surface area contributed by atoms with Crippen LogP contribution in [0.5, 0.6) is 5.75 Å². The summed E-state index contributed by atoms with van der Waals surface area (Å²) in [4.78, 5) is 30.3. The molecule has 3 rings (SSSR count). The third-order valence-corrected chi connectivity index (χ3v) is 6.56. The molecule has 1 aliphatic heterocycles. The Kier molecular flexibility index (Phi) is 10.9. The molecule has 0 spiro atoms. The number of anilines is 1. The molecule has 1 amide bonds. The van der Waals surface area contributed by atoms with E-state index in [1.54, 1.807) is 27.8 Å². The number of amides is 1. The van der Waals surface area contributed by atoms with E-state index in [9.17, 15) is 14.7 Å². The summed E-state index contributed by atoms with van der Waals surface area (Å²) in [7, 11) is 1.76. The predicted molar refractivity (Wildman–Crippen MR) is 156 cm³/mol. The number of carbonyl (C=O) groups is 2. The second-order valence-corrected chi connectivity index (χ2v) is 10.9. The molecule has 10 heteroatoms. The van der Waals surface area contributed by atoms with Crippen molar-refractivity contribution in [2.75, 3.05) is 39.0 Å². The van der Waals surface area contributed by atoms with Crippen LogP contribution in [0.1, 0.15) is 52.0 Å². The van der Waals surface area contributed by atoms with Crippen LogP contribution < -0.4 is 15.8 Å². The lowest BCUT2D eigenvalue weighted by Crippen LogP contribution is -2.43. The number of hydrogen-bond donors (Lipinski definition) is 4. The summed E-state index contributed by atoms with van der Waals surface area (Å²) in [5.74, 6) is -0.529. The summed E-state index contributed by atoms with van der Waals surface area (Å²) in [5, 5.41) is 22.0. The molecule has 2 atom stereocenters. The van der Waals surface area contributed by atoms with Crippen molar-refractivity contribution in [1.82, 2.24) is 10.2 Å². The average molecular weight is 555 g/mol. The number of nitrogens with one attached hydrogen (secondary N) is 1. The maximum atomic E-state index is 12.7. The van der Waals surface area contributed by atoms with E-state index in [1.807, 2.05) is 42.5 Å². The van der Waals surface area contributed by atoms with Gasteiger partial charge >= 0.3 is 12.1 Å². The van der Waals surface area contributed by atoms with Gasteiger partial charge in [-0.3, -0.25) is 9.89 Å². The predicted octanol–water partition coefficient (Wildman–Crippen LogP) is 3.95. The third-order valence-electron chi connectivity index (χ3n) is 6.56. The Bertz CT molecular complexity index is 1190. The number of likely N-dealkylation sites (tertiary alicyclic amines) is 1. The Morgan fingerprint density at radius 3 is 2.55 bits per heavy atom. The summed E-state index contributed by atoms with van der Waals surface area (Å²) in [6, 6.07) is 12.3. The minimum Gasteiger partial charge on any atom is -0.488 e.